The summed E-state index contributed by atoms with van der Waals surface area (Å²) in [4.78, 5) is 11.8. The van der Waals surface area contributed by atoms with E-state index in [9.17, 15) is 9.18 Å². The first-order chi connectivity index (χ1) is 8.06. The number of nitrogens with one attached hydrogen (secondary N) is 1. The fourth-order valence-electron chi connectivity index (χ4n) is 1.34. The summed E-state index contributed by atoms with van der Waals surface area (Å²) in [5.74, 6) is -0.689. The highest BCUT2D eigenvalue weighted by Gasteiger charge is 2.14. The summed E-state index contributed by atoms with van der Waals surface area (Å²) < 4.78 is 14.8. The zero-order chi connectivity index (χ0) is 12.4. The van der Waals surface area contributed by atoms with Gasteiger partial charge in [0.2, 0.25) is 0 Å². The van der Waals surface area contributed by atoms with Crippen molar-refractivity contribution >= 4 is 27.5 Å². The second-order valence-electron chi connectivity index (χ2n) is 3.46. The maximum atomic E-state index is 12.7. The third-order valence-corrected chi connectivity index (χ3v) is 2.68. The monoisotopic (exact) mass is 297 g/mol. The predicted octanol–water partition coefficient (Wildman–Crippen LogP) is 2.57. The minimum atomic E-state index is -0.345. The van der Waals surface area contributed by atoms with Gasteiger partial charge in [-0.1, -0.05) is 0 Å². The van der Waals surface area contributed by atoms with Gasteiger partial charge in [-0.15, -0.1) is 0 Å². The number of carbonyl (C=O) groups is 1. The van der Waals surface area contributed by atoms with Gasteiger partial charge in [0.05, 0.1) is 4.47 Å². The molecule has 0 fully saturated rings. The standard InChI is InChI=1S/C11H9BrFN3O/c1-16-6-9(12)10(15-16)11(17)14-8-4-2-7(13)3-5-8/h2-6H,1H3,(H,14,17). The van der Waals surface area contributed by atoms with Crippen LogP contribution in [0.2, 0.25) is 0 Å². The number of nitrogens with zero attached hydrogens (tertiary/aromatic N) is 2. The van der Waals surface area contributed by atoms with Crippen LogP contribution in [0, 0.1) is 5.82 Å². The van der Waals surface area contributed by atoms with Crippen LogP contribution >= 0.6 is 15.9 Å². The summed E-state index contributed by atoms with van der Waals surface area (Å²) in [6.45, 7) is 0. The van der Waals surface area contributed by atoms with Gasteiger partial charge < -0.3 is 5.32 Å². The smallest absolute Gasteiger partial charge is 0.277 e. The number of anilines is 1. The number of aromatic nitrogens is 2. The van der Waals surface area contributed by atoms with Crippen molar-refractivity contribution in [2.75, 3.05) is 5.32 Å². The van der Waals surface area contributed by atoms with Crippen molar-refractivity contribution in [3.63, 3.8) is 0 Å². The van der Waals surface area contributed by atoms with Gasteiger partial charge >= 0.3 is 0 Å². The summed E-state index contributed by atoms with van der Waals surface area (Å²) in [6, 6.07) is 5.54. The quantitative estimate of drug-likeness (QED) is 0.926. The van der Waals surface area contributed by atoms with Gasteiger partial charge in [0.25, 0.3) is 5.91 Å². The number of hydrogen-bond acceptors (Lipinski definition) is 2. The molecule has 1 aromatic heterocycles. The molecule has 1 N–H and O–H groups in total. The van der Waals surface area contributed by atoms with Gasteiger partial charge in [-0.05, 0) is 40.2 Å². The number of aryl methyl sites for hydroxylation is 1. The van der Waals surface area contributed by atoms with Crippen molar-refractivity contribution < 1.29 is 9.18 Å². The first kappa shape index (κ1) is 11.8. The molecule has 1 heterocycles. The van der Waals surface area contributed by atoms with Gasteiger partial charge in [-0.2, -0.15) is 5.10 Å². The zero-order valence-corrected chi connectivity index (χ0v) is 10.5. The largest absolute Gasteiger partial charge is 0.321 e. The van der Waals surface area contributed by atoms with Crippen molar-refractivity contribution in [1.29, 1.82) is 0 Å². The molecule has 0 bridgehead atoms. The lowest BCUT2D eigenvalue weighted by atomic mass is 10.3. The average molecular weight is 298 g/mol. The minimum Gasteiger partial charge on any atom is -0.321 e. The third-order valence-electron chi connectivity index (χ3n) is 2.10. The van der Waals surface area contributed by atoms with E-state index in [4.69, 9.17) is 0 Å². The molecule has 1 aromatic carbocycles. The Labute approximate surface area is 106 Å². The Kier molecular flexibility index (Phi) is 3.23. The molecular weight excluding hydrogens is 289 g/mol. The molecule has 88 valence electrons. The fourth-order valence-corrected chi connectivity index (χ4v) is 1.89. The van der Waals surface area contributed by atoms with Crippen molar-refractivity contribution in [3.05, 3.63) is 46.4 Å². The summed E-state index contributed by atoms with van der Waals surface area (Å²) >= 11 is 3.24. The maximum absolute atomic E-state index is 12.7. The van der Waals surface area contributed by atoms with Gasteiger partial charge in [0, 0.05) is 18.9 Å². The van der Waals surface area contributed by atoms with Crippen molar-refractivity contribution in [2.45, 2.75) is 0 Å². The first-order valence-corrected chi connectivity index (χ1v) is 5.61. The number of benzene rings is 1. The Bertz CT molecular complexity index is 550. The highest BCUT2D eigenvalue weighted by Crippen LogP contribution is 2.16. The van der Waals surface area contributed by atoms with Crippen molar-refractivity contribution in [1.82, 2.24) is 9.78 Å². The van der Waals surface area contributed by atoms with Crippen LogP contribution < -0.4 is 5.32 Å². The summed E-state index contributed by atoms with van der Waals surface area (Å²) in [6.07, 6.45) is 1.68. The molecule has 2 rings (SSSR count). The van der Waals surface area contributed by atoms with Crippen LogP contribution in [-0.2, 0) is 7.05 Å². The molecule has 0 saturated carbocycles. The number of carbonyl (C=O) groups excluding carboxylic acids is 1. The number of rotatable bonds is 2. The molecule has 0 radical (unpaired) electrons. The molecule has 0 aliphatic carbocycles. The molecule has 4 nitrogen and oxygen atoms in total. The van der Waals surface area contributed by atoms with Gasteiger partial charge in [-0.3, -0.25) is 9.48 Å². The maximum Gasteiger partial charge on any atom is 0.277 e. The Morgan fingerprint density at radius 3 is 2.59 bits per heavy atom. The number of hydrogen-bond donors (Lipinski definition) is 1. The summed E-state index contributed by atoms with van der Waals surface area (Å²) in [5, 5.41) is 6.64. The van der Waals surface area contributed by atoms with E-state index >= 15 is 0 Å². The van der Waals surface area contributed by atoms with Crippen LogP contribution in [0.5, 0.6) is 0 Å². The molecular formula is C11H9BrFN3O. The molecule has 1 amide bonds. The first-order valence-electron chi connectivity index (χ1n) is 4.82. The van der Waals surface area contributed by atoms with Gasteiger partial charge in [0.15, 0.2) is 5.69 Å². The van der Waals surface area contributed by atoms with E-state index in [1.165, 1.54) is 28.9 Å². The second kappa shape index (κ2) is 4.67. The molecule has 0 unspecified atom stereocenters. The van der Waals surface area contributed by atoms with E-state index < -0.39 is 0 Å². The lowest BCUT2D eigenvalue weighted by Crippen LogP contribution is -2.13. The van der Waals surface area contributed by atoms with E-state index in [1.54, 1.807) is 13.2 Å². The Morgan fingerprint density at radius 1 is 1.41 bits per heavy atom. The summed E-state index contributed by atoms with van der Waals surface area (Å²) in [5.41, 5.74) is 0.811. The molecule has 2 aromatic rings. The Hall–Kier alpha value is -1.69. The van der Waals surface area contributed by atoms with E-state index in [0.29, 0.717) is 10.2 Å². The van der Waals surface area contributed by atoms with Crippen LogP contribution in [0.1, 0.15) is 10.5 Å². The molecule has 0 atom stereocenters. The molecule has 0 saturated heterocycles. The van der Waals surface area contributed by atoms with Gasteiger partial charge in [-0.25, -0.2) is 4.39 Å². The molecule has 17 heavy (non-hydrogen) atoms. The van der Waals surface area contributed by atoms with E-state index in [2.05, 4.69) is 26.3 Å². The van der Waals surface area contributed by atoms with Crippen molar-refractivity contribution in [3.8, 4) is 0 Å². The molecule has 0 spiro atoms. The molecule has 0 aliphatic rings. The van der Waals surface area contributed by atoms with Crippen LogP contribution in [0.4, 0.5) is 10.1 Å². The predicted molar refractivity (Wildman–Crippen MR) is 65.3 cm³/mol. The average Bonchev–Trinajstić information content (AvgIpc) is 2.61. The number of amides is 1. The lowest BCUT2D eigenvalue weighted by molar-refractivity contribution is 0.102. The lowest BCUT2D eigenvalue weighted by Gasteiger charge is -2.02. The highest BCUT2D eigenvalue weighted by molar-refractivity contribution is 9.10. The van der Waals surface area contributed by atoms with Crippen LogP contribution in [0.15, 0.2) is 34.9 Å². The topological polar surface area (TPSA) is 46.9 Å². The zero-order valence-electron chi connectivity index (χ0n) is 8.95. The van der Waals surface area contributed by atoms with Crippen LogP contribution in [-0.4, -0.2) is 15.7 Å². The third kappa shape index (κ3) is 2.71. The normalized spacial score (nSPS) is 10.3. The van der Waals surface area contributed by atoms with Crippen LogP contribution in [0.3, 0.4) is 0 Å². The van der Waals surface area contributed by atoms with E-state index in [0.717, 1.165) is 0 Å². The Balaban J connectivity index is 2.17. The fraction of sp³-hybridized carbons (Fsp3) is 0.0909. The SMILES string of the molecule is Cn1cc(Br)c(C(=O)Nc2ccc(F)cc2)n1. The minimum absolute atomic E-state index is 0.289. The highest BCUT2D eigenvalue weighted by atomic mass is 79.9. The van der Waals surface area contributed by atoms with Crippen molar-refractivity contribution in [2.24, 2.45) is 7.05 Å². The summed E-state index contributed by atoms with van der Waals surface area (Å²) in [7, 11) is 1.72. The molecule has 6 heteroatoms. The molecule has 0 aliphatic heterocycles. The van der Waals surface area contributed by atoms with Gasteiger partial charge in [0.1, 0.15) is 5.82 Å². The van der Waals surface area contributed by atoms with E-state index in [-0.39, 0.29) is 17.4 Å². The second-order valence-corrected chi connectivity index (χ2v) is 4.31. The Morgan fingerprint density at radius 2 is 2.06 bits per heavy atom. The van der Waals surface area contributed by atoms with Crippen LogP contribution in [0.25, 0.3) is 0 Å². The van der Waals surface area contributed by atoms with E-state index in [1.807, 2.05) is 0 Å². The number of halogens is 2.